The molecule has 1 aromatic heterocycles. The molecule has 0 spiro atoms. The van der Waals surface area contributed by atoms with Crippen LogP contribution in [0.25, 0.3) is 10.4 Å². The van der Waals surface area contributed by atoms with Crippen LogP contribution in [-0.2, 0) is 21.3 Å². The number of halogens is 1. The highest BCUT2D eigenvalue weighted by Gasteiger charge is 2.28. The molecule has 1 fully saturated rings. The Bertz CT molecular complexity index is 1620. The second kappa shape index (κ2) is 14.6. The Morgan fingerprint density at radius 1 is 1.11 bits per heavy atom. The van der Waals surface area contributed by atoms with E-state index in [4.69, 9.17) is 4.74 Å². The van der Waals surface area contributed by atoms with Gasteiger partial charge in [0.25, 0.3) is 0 Å². The largest absolute Gasteiger partial charge is 0.445 e. The van der Waals surface area contributed by atoms with Crippen LogP contribution in [0.3, 0.4) is 0 Å². The molecular formula is C32H40FN5O5S2. The van der Waals surface area contributed by atoms with E-state index in [0.29, 0.717) is 21.7 Å². The summed E-state index contributed by atoms with van der Waals surface area (Å²) in [5.41, 5.74) is 0.760. The quantitative estimate of drug-likeness (QED) is 0.208. The lowest BCUT2D eigenvalue weighted by Crippen LogP contribution is -2.40. The zero-order valence-corrected chi connectivity index (χ0v) is 27.7. The number of aromatic nitrogens is 1. The minimum absolute atomic E-state index is 0.0252. The van der Waals surface area contributed by atoms with E-state index in [1.165, 1.54) is 29.5 Å². The highest BCUT2D eigenvalue weighted by Crippen LogP contribution is 2.41. The maximum Gasteiger partial charge on any atom is 0.433 e. The second-order valence-electron chi connectivity index (χ2n) is 12.4. The topological polar surface area (TPSA) is 139 Å². The van der Waals surface area contributed by atoms with E-state index in [1.54, 1.807) is 71.3 Å². The van der Waals surface area contributed by atoms with Gasteiger partial charge in [0.2, 0.25) is 10.0 Å². The van der Waals surface area contributed by atoms with Crippen LogP contribution in [-0.4, -0.2) is 43.4 Å². The molecule has 10 nitrogen and oxygen atoms in total. The van der Waals surface area contributed by atoms with Gasteiger partial charge < -0.3 is 15.4 Å². The first kappa shape index (κ1) is 34.2. The fraction of sp³-hybridized carbons (Fsp3) is 0.438. The van der Waals surface area contributed by atoms with Crippen molar-refractivity contribution in [2.45, 2.75) is 89.3 Å². The van der Waals surface area contributed by atoms with Crippen molar-refractivity contribution in [3.8, 4) is 10.4 Å². The number of aliphatic imine (C=N–C) groups is 1. The van der Waals surface area contributed by atoms with E-state index in [9.17, 15) is 22.4 Å². The fourth-order valence-electron chi connectivity index (χ4n) is 4.96. The predicted molar refractivity (Wildman–Crippen MR) is 175 cm³/mol. The number of carbonyl (C=O) groups is 2. The van der Waals surface area contributed by atoms with Gasteiger partial charge in [-0.15, -0.1) is 11.3 Å². The van der Waals surface area contributed by atoms with E-state index in [0.717, 1.165) is 30.7 Å². The van der Waals surface area contributed by atoms with Gasteiger partial charge in [-0.3, -0.25) is 0 Å². The van der Waals surface area contributed by atoms with Gasteiger partial charge >= 0.3 is 12.1 Å². The Morgan fingerprint density at radius 3 is 2.44 bits per heavy atom. The van der Waals surface area contributed by atoms with Crippen LogP contribution in [0.15, 0.2) is 58.5 Å². The zero-order valence-electron chi connectivity index (χ0n) is 26.1. The number of benzene rings is 2. The van der Waals surface area contributed by atoms with Gasteiger partial charge in [-0.2, -0.15) is 4.99 Å². The molecule has 0 atom stereocenters. The second-order valence-corrected chi connectivity index (χ2v) is 15.1. The molecule has 3 amide bonds. The molecule has 1 heterocycles. The summed E-state index contributed by atoms with van der Waals surface area (Å²) in [6.45, 7) is 9.01. The zero-order chi connectivity index (χ0) is 32.8. The molecule has 2 aromatic carbocycles. The van der Waals surface area contributed by atoms with E-state index in [-0.39, 0.29) is 35.2 Å². The molecular weight excluding hydrogens is 618 g/mol. The number of hydrogen-bond acceptors (Lipinski definition) is 7. The van der Waals surface area contributed by atoms with Crippen molar-refractivity contribution in [3.05, 3.63) is 65.0 Å². The Morgan fingerprint density at radius 2 is 1.80 bits per heavy atom. The first-order chi connectivity index (χ1) is 21.2. The molecule has 0 bridgehead atoms. The molecule has 0 unspecified atom stereocenters. The number of nitrogens with one attached hydrogen (secondary N) is 3. The van der Waals surface area contributed by atoms with E-state index < -0.39 is 27.7 Å². The van der Waals surface area contributed by atoms with Gasteiger partial charge in [-0.05, 0) is 96.0 Å². The third-order valence-electron chi connectivity index (χ3n) is 6.97. The molecule has 3 N–H and O–H groups in total. The van der Waals surface area contributed by atoms with Gasteiger partial charge in [0.15, 0.2) is 0 Å². The van der Waals surface area contributed by atoms with Crippen molar-refractivity contribution in [1.82, 2.24) is 15.0 Å². The van der Waals surface area contributed by atoms with Crippen molar-refractivity contribution in [2.75, 3.05) is 5.32 Å². The number of carbonyl (C=O) groups excluding carboxylic acids is 2. The number of anilines is 1. The lowest BCUT2D eigenvalue weighted by Gasteiger charge is -2.24. The van der Waals surface area contributed by atoms with E-state index in [2.05, 4.69) is 25.3 Å². The molecule has 0 radical (unpaired) electrons. The lowest BCUT2D eigenvalue weighted by atomic mass is 9.83. The number of thiazole rings is 1. The lowest BCUT2D eigenvalue weighted by molar-refractivity contribution is 0.126. The molecule has 1 aliphatic carbocycles. The average molecular weight is 658 g/mol. The average Bonchev–Trinajstić information content (AvgIpc) is 3.45. The van der Waals surface area contributed by atoms with Gasteiger partial charge in [-0.25, -0.2) is 32.1 Å². The Balaban J connectivity index is 1.49. The van der Waals surface area contributed by atoms with Crippen LogP contribution in [0.2, 0.25) is 0 Å². The molecule has 4 rings (SSSR count). The number of hydrogen-bond donors (Lipinski definition) is 3. The summed E-state index contributed by atoms with van der Waals surface area (Å²) in [6, 6.07) is 10.0. The third-order valence-corrected chi connectivity index (χ3v) is 9.96. The SMILES string of the molecule is CC(C)OC(=O)/N=C/C1CCC(c2ncc(-c3ccc(NC(=O)NCc4ccc(F)cc4)cc3S(=O)(=O)NC(C)(C)C)s2)CC1. The third kappa shape index (κ3) is 10.2. The highest BCUT2D eigenvalue weighted by molar-refractivity contribution is 7.89. The summed E-state index contributed by atoms with van der Waals surface area (Å²) < 4.78 is 48.2. The molecule has 1 saturated carbocycles. The summed E-state index contributed by atoms with van der Waals surface area (Å²) in [4.78, 5) is 33.7. The summed E-state index contributed by atoms with van der Waals surface area (Å²) in [5, 5.41) is 6.32. The van der Waals surface area contributed by atoms with Crippen molar-refractivity contribution < 1.29 is 27.1 Å². The number of sulfonamides is 1. The van der Waals surface area contributed by atoms with Crippen molar-refractivity contribution >= 4 is 45.4 Å². The molecule has 0 saturated heterocycles. The summed E-state index contributed by atoms with van der Waals surface area (Å²) in [6.07, 6.45) is 6.05. The fourth-order valence-corrected chi connectivity index (χ4v) is 7.82. The van der Waals surface area contributed by atoms with Crippen LogP contribution in [0.4, 0.5) is 19.7 Å². The van der Waals surface area contributed by atoms with E-state index in [1.807, 2.05) is 0 Å². The number of rotatable bonds is 9. The summed E-state index contributed by atoms with van der Waals surface area (Å²) in [5.74, 6) is 0.0388. The summed E-state index contributed by atoms with van der Waals surface area (Å²) in [7, 11) is -3.99. The van der Waals surface area contributed by atoms with Gasteiger partial charge in [0, 0.05) is 41.7 Å². The van der Waals surface area contributed by atoms with Crippen molar-refractivity contribution in [2.24, 2.45) is 10.9 Å². The molecule has 45 heavy (non-hydrogen) atoms. The number of nitrogens with zero attached hydrogens (tertiary/aromatic N) is 2. The van der Waals surface area contributed by atoms with Crippen LogP contribution >= 0.6 is 11.3 Å². The van der Waals surface area contributed by atoms with Crippen molar-refractivity contribution in [3.63, 3.8) is 0 Å². The van der Waals surface area contributed by atoms with Crippen molar-refractivity contribution in [1.29, 1.82) is 0 Å². The molecule has 3 aromatic rings. The highest BCUT2D eigenvalue weighted by atomic mass is 32.2. The van der Waals surface area contributed by atoms with Crippen LogP contribution in [0, 0.1) is 11.7 Å². The monoisotopic (exact) mass is 657 g/mol. The number of ether oxygens (including phenoxy) is 1. The van der Waals surface area contributed by atoms with E-state index >= 15 is 0 Å². The van der Waals surface area contributed by atoms with Gasteiger partial charge in [0.05, 0.1) is 20.9 Å². The Hall–Kier alpha value is -3.68. The first-order valence-electron chi connectivity index (χ1n) is 14.9. The Kier molecular flexibility index (Phi) is 11.1. The van der Waals surface area contributed by atoms with Gasteiger partial charge in [0.1, 0.15) is 5.82 Å². The number of urea groups is 1. The van der Waals surface area contributed by atoms with Crippen LogP contribution in [0.5, 0.6) is 0 Å². The predicted octanol–water partition coefficient (Wildman–Crippen LogP) is 7.24. The van der Waals surface area contributed by atoms with Gasteiger partial charge in [-0.1, -0.05) is 18.2 Å². The Labute approximate surface area is 268 Å². The molecule has 1 aliphatic rings. The molecule has 13 heteroatoms. The summed E-state index contributed by atoms with van der Waals surface area (Å²) >= 11 is 1.46. The smallest absolute Gasteiger partial charge is 0.433 e. The maximum atomic E-state index is 13.6. The standard InChI is InChI=1S/C32H40FN5O5S2/c1-20(2)43-31(40)36-18-21-6-10-23(11-7-21)29-34-19-27(44-29)26-15-14-25(16-28(26)45(41,42)38-32(3,4)5)37-30(39)35-17-22-8-12-24(33)13-9-22/h8-9,12-16,18-21,23,38H,6-7,10-11,17H2,1-5H3,(H2,35,37,39)/b36-18+. The van der Waals surface area contributed by atoms with Crippen LogP contribution < -0.4 is 15.4 Å². The minimum Gasteiger partial charge on any atom is -0.445 e. The van der Waals surface area contributed by atoms with Crippen LogP contribution in [0.1, 0.15) is 76.8 Å². The normalized spacial score (nSPS) is 17.4. The molecule has 0 aliphatic heterocycles. The minimum atomic E-state index is -3.99. The maximum absolute atomic E-state index is 13.6. The number of amides is 3. The first-order valence-corrected chi connectivity index (χ1v) is 17.2. The molecule has 242 valence electrons.